The highest BCUT2D eigenvalue weighted by Gasteiger charge is 2.12. The summed E-state index contributed by atoms with van der Waals surface area (Å²) >= 11 is 5.07. The first-order chi connectivity index (χ1) is 8.72. The zero-order valence-electron chi connectivity index (χ0n) is 9.69. The molecule has 0 fully saturated rings. The highest BCUT2D eigenvalue weighted by Crippen LogP contribution is 2.34. The molecular formula is C13H12BrN3S. The zero-order valence-corrected chi connectivity index (χ0v) is 12.1. The van der Waals surface area contributed by atoms with E-state index >= 15 is 0 Å². The van der Waals surface area contributed by atoms with E-state index in [0.717, 1.165) is 9.50 Å². The molecule has 3 nitrogen and oxygen atoms in total. The second-order valence-electron chi connectivity index (χ2n) is 4.27. The van der Waals surface area contributed by atoms with Crippen molar-refractivity contribution in [2.24, 2.45) is 0 Å². The van der Waals surface area contributed by atoms with E-state index in [2.05, 4.69) is 44.1 Å². The number of hydrogen-bond acceptors (Lipinski definition) is 4. The third-order valence-electron chi connectivity index (χ3n) is 3.02. The molecule has 0 aliphatic heterocycles. The van der Waals surface area contributed by atoms with Gasteiger partial charge >= 0.3 is 0 Å². The van der Waals surface area contributed by atoms with Gasteiger partial charge in [0, 0.05) is 11.1 Å². The first kappa shape index (κ1) is 12.0. The van der Waals surface area contributed by atoms with Crippen LogP contribution in [0.5, 0.6) is 0 Å². The number of rotatable bonds is 2. The van der Waals surface area contributed by atoms with Crippen molar-refractivity contribution < 1.29 is 0 Å². The number of hydrogen-bond donors (Lipinski definition) is 1. The van der Waals surface area contributed by atoms with Crippen molar-refractivity contribution in [2.75, 3.05) is 5.73 Å². The fourth-order valence-electron chi connectivity index (χ4n) is 2.16. The van der Waals surface area contributed by atoms with Crippen LogP contribution in [0.25, 0.3) is 0 Å². The predicted octanol–water partition coefficient (Wildman–Crippen LogP) is 3.46. The molecule has 0 saturated carbocycles. The Morgan fingerprint density at radius 1 is 1.22 bits per heavy atom. The summed E-state index contributed by atoms with van der Waals surface area (Å²) in [6.45, 7) is 0. The van der Waals surface area contributed by atoms with Crippen molar-refractivity contribution in [3.63, 3.8) is 0 Å². The molecule has 1 aromatic carbocycles. The molecule has 92 valence electrons. The highest BCUT2D eigenvalue weighted by molar-refractivity contribution is 9.10. The smallest absolute Gasteiger partial charge is 0.221 e. The monoisotopic (exact) mass is 321 g/mol. The third kappa shape index (κ3) is 2.37. The molecule has 0 bridgehead atoms. The lowest BCUT2D eigenvalue weighted by molar-refractivity contribution is 0.911. The number of halogens is 1. The van der Waals surface area contributed by atoms with Gasteiger partial charge in [0.15, 0.2) is 0 Å². The quantitative estimate of drug-likeness (QED) is 0.860. The van der Waals surface area contributed by atoms with Gasteiger partial charge in [-0.05, 0) is 58.5 Å². The number of fused-ring (bicyclic) bond motifs is 1. The number of aryl methyl sites for hydroxylation is 2. The normalized spacial score (nSPS) is 13.6. The average Bonchev–Trinajstić information content (AvgIpc) is 2.81. The van der Waals surface area contributed by atoms with Crippen LogP contribution in [0.1, 0.15) is 17.5 Å². The van der Waals surface area contributed by atoms with E-state index in [1.807, 2.05) is 0 Å². The van der Waals surface area contributed by atoms with Crippen LogP contribution in [-0.2, 0) is 12.8 Å². The van der Waals surface area contributed by atoms with Gasteiger partial charge < -0.3 is 5.73 Å². The minimum absolute atomic E-state index is 0.307. The second kappa shape index (κ2) is 4.90. The molecule has 2 N–H and O–H groups in total. The van der Waals surface area contributed by atoms with Gasteiger partial charge in [-0.2, -0.15) is 0 Å². The Labute approximate surface area is 118 Å². The summed E-state index contributed by atoms with van der Waals surface area (Å²) in [5.74, 6) is 0.307. The van der Waals surface area contributed by atoms with Crippen LogP contribution in [0.3, 0.4) is 0 Å². The third-order valence-corrected chi connectivity index (χ3v) is 4.85. The van der Waals surface area contributed by atoms with E-state index in [4.69, 9.17) is 5.73 Å². The van der Waals surface area contributed by atoms with Gasteiger partial charge in [0.05, 0.1) is 4.47 Å². The van der Waals surface area contributed by atoms with Crippen LogP contribution in [0.2, 0.25) is 0 Å². The van der Waals surface area contributed by atoms with E-state index < -0.39 is 0 Å². The van der Waals surface area contributed by atoms with Crippen molar-refractivity contribution in [3.05, 3.63) is 40.0 Å². The minimum atomic E-state index is 0.307. The standard InChI is InChI=1S/C13H12BrN3S/c14-11-7-16-13(15)17-12(11)18-10-5-4-8-2-1-3-9(8)6-10/h4-7H,1-3H2,(H2,15,16,17). The van der Waals surface area contributed by atoms with Gasteiger partial charge in [-0.25, -0.2) is 9.97 Å². The summed E-state index contributed by atoms with van der Waals surface area (Å²) in [5, 5.41) is 0.862. The van der Waals surface area contributed by atoms with Crippen LogP contribution >= 0.6 is 27.7 Å². The summed E-state index contributed by atoms with van der Waals surface area (Å²) in [5.41, 5.74) is 8.57. The Morgan fingerprint density at radius 2 is 2.06 bits per heavy atom. The number of benzene rings is 1. The molecular weight excluding hydrogens is 310 g/mol. The molecule has 1 aliphatic carbocycles. The maximum absolute atomic E-state index is 5.61. The second-order valence-corrected chi connectivity index (χ2v) is 6.18. The van der Waals surface area contributed by atoms with Crippen molar-refractivity contribution in [1.29, 1.82) is 0 Å². The lowest BCUT2D eigenvalue weighted by Gasteiger charge is -2.06. The number of nitrogens with zero attached hydrogens (tertiary/aromatic N) is 2. The lowest BCUT2D eigenvalue weighted by Crippen LogP contribution is -1.95. The molecule has 0 saturated heterocycles. The minimum Gasteiger partial charge on any atom is -0.368 e. The predicted molar refractivity (Wildman–Crippen MR) is 76.7 cm³/mol. The van der Waals surface area contributed by atoms with Crippen LogP contribution in [0, 0.1) is 0 Å². The Kier molecular flexibility index (Phi) is 3.26. The van der Waals surface area contributed by atoms with Crippen molar-refractivity contribution in [2.45, 2.75) is 29.2 Å². The summed E-state index contributed by atoms with van der Waals surface area (Å²) in [7, 11) is 0. The first-order valence-electron chi connectivity index (χ1n) is 5.80. The summed E-state index contributed by atoms with van der Waals surface area (Å²) in [6.07, 6.45) is 5.37. The van der Waals surface area contributed by atoms with E-state index in [-0.39, 0.29) is 0 Å². The largest absolute Gasteiger partial charge is 0.368 e. The molecule has 1 aliphatic rings. The van der Waals surface area contributed by atoms with Crippen LogP contribution < -0.4 is 5.73 Å². The molecule has 1 heterocycles. The average molecular weight is 322 g/mol. The van der Waals surface area contributed by atoms with Crippen molar-refractivity contribution >= 4 is 33.6 Å². The molecule has 0 atom stereocenters. The van der Waals surface area contributed by atoms with E-state index in [9.17, 15) is 0 Å². The van der Waals surface area contributed by atoms with Crippen molar-refractivity contribution in [3.8, 4) is 0 Å². The molecule has 18 heavy (non-hydrogen) atoms. The van der Waals surface area contributed by atoms with Gasteiger partial charge in [-0.3, -0.25) is 0 Å². The summed E-state index contributed by atoms with van der Waals surface area (Å²) in [4.78, 5) is 9.39. The van der Waals surface area contributed by atoms with Crippen LogP contribution in [0.15, 0.2) is 38.8 Å². The zero-order chi connectivity index (χ0) is 12.5. The maximum Gasteiger partial charge on any atom is 0.221 e. The molecule has 5 heteroatoms. The van der Waals surface area contributed by atoms with Gasteiger partial charge in [-0.1, -0.05) is 17.8 Å². The Bertz CT molecular complexity index is 601. The maximum atomic E-state index is 5.61. The van der Waals surface area contributed by atoms with Gasteiger partial charge in [0.2, 0.25) is 5.95 Å². The molecule has 2 aromatic rings. The molecule has 0 amide bonds. The topological polar surface area (TPSA) is 51.8 Å². The highest BCUT2D eigenvalue weighted by atomic mass is 79.9. The van der Waals surface area contributed by atoms with Gasteiger partial charge in [-0.15, -0.1) is 0 Å². The van der Waals surface area contributed by atoms with E-state index in [0.29, 0.717) is 5.95 Å². The van der Waals surface area contributed by atoms with E-state index in [1.54, 1.807) is 18.0 Å². The van der Waals surface area contributed by atoms with Crippen LogP contribution in [-0.4, -0.2) is 9.97 Å². The summed E-state index contributed by atoms with van der Waals surface area (Å²) < 4.78 is 0.877. The Morgan fingerprint density at radius 3 is 2.94 bits per heavy atom. The Hall–Kier alpha value is -1.07. The molecule has 3 rings (SSSR count). The molecule has 0 radical (unpaired) electrons. The SMILES string of the molecule is Nc1ncc(Br)c(Sc2ccc3c(c2)CCC3)n1. The van der Waals surface area contributed by atoms with E-state index in [1.165, 1.54) is 35.3 Å². The summed E-state index contributed by atoms with van der Waals surface area (Å²) in [6, 6.07) is 6.64. The first-order valence-corrected chi connectivity index (χ1v) is 7.41. The molecule has 1 aromatic heterocycles. The number of anilines is 1. The number of nitrogens with two attached hydrogens (primary N) is 1. The fraction of sp³-hybridized carbons (Fsp3) is 0.231. The fourth-order valence-corrected chi connectivity index (χ4v) is 3.44. The van der Waals surface area contributed by atoms with Gasteiger partial charge in [0.25, 0.3) is 0 Å². The van der Waals surface area contributed by atoms with Crippen molar-refractivity contribution in [1.82, 2.24) is 9.97 Å². The Balaban J connectivity index is 1.90. The molecule has 0 spiro atoms. The lowest BCUT2D eigenvalue weighted by atomic mass is 10.1. The van der Waals surface area contributed by atoms with Crippen LogP contribution in [0.4, 0.5) is 5.95 Å². The van der Waals surface area contributed by atoms with Gasteiger partial charge in [0.1, 0.15) is 5.03 Å². The number of aromatic nitrogens is 2. The molecule has 0 unspecified atom stereocenters. The number of nitrogen functional groups attached to an aromatic ring is 1.